The van der Waals surface area contributed by atoms with Gasteiger partial charge in [-0.3, -0.25) is 9.59 Å². The molecule has 0 rings (SSSR count). The fourth-order valence-electron chi connectivity index (χ4n) is 4.51. The first kappa shape index (κ1) is 35.1. The number of hydrogen-bond acceptors (Lipinski definition) is 3. The highest BCUT2D eigenvalue weighted by atomic mass is 16.5. The highest BCUT2D eigenvalue weighted by Gasteiger charge is 2.01. The fraction of sp³-hybridized carbons (Fsp3) is 0.735. The molecule has 0 spiro atoms. The Morgan fingerprint density at radius 2 is 1.35 bits per heavy atom. The molecule has 0 saturated carbocycles. The zero-order valence-corrected chi connectivity index (χ0v) is 24.7. The van der Waals surface area contributed by atoms with Crippen molar-refractivity contribution in [2.75, 3.05) is 6.61 Å². The zero-order valence-electron chi connectivity index (χ0n) is 24.7. The maximum atomic E-state index is 11.6. The largest absolute Gasteiger partial charge is 0.490 e. The Labute approximate surface area is 229 Å². The maximum absolute atomic E-state index is 11.6. The minimum Gasteiger partial charge on any atom is -0.490 e. The van der Waals surface area contributed by atoms with Gasteiger partial charge in [-0.1, -0.05) is 128 Å². The molecular weight excluding hydrogens is 456 g/mol. The Balaban J connectivity index is 3.50. The first-order valence-electron chi connectivity index (χ1n) is 15.3. The number of carbonyl (C=O) groups excluding carboxylic acids is 2. The van der Waals surface area contributed by atoms with Gasteiger partial charge >= 0.3 is 0 Å². The second-order valence-electron chi connectivity index (χ2n) is 11.0. The molecule has 0 aromatic heterocycles. The van der Waals surface area contributed by atoms with E-state index in [2.05, 4.69) is 32.2 Å². The van der Waals surface area contributed by atoms with Crippen molar-refractivity contribution in [2.24, 2.45) is 5.92 Å². The molecule has 0 aliphatic rings. The van der Waals surface area contributed by atoms with Crippen molar-refractivity contribution < 1.29 is 14.3 Å². The van der Waals surface area contributed by atoms with Crippen LogP contribution in [0.15, 0.2) is 41.9 Å². The molecule has 0 saturated heterocycles. The molecule has 3 heteroatoms. The van der Waals surface area contributed by atoms with Gasteiger partial charge in [0.25, 0.3) is 0 Å². The van der Waals surface area contributed by atoms with Crippen LogP contribution in [0, 0.1) is 5.92 Å². The Kier molecular flexibility index (Phi) is 25.8. The van der Waals surface area contributed by atoms with Crippen LogP contribution in [0.2, 0.25) is 0 Å². The second-order valence-corrected chi connectivity index (χ2v) is 11.0. The number of aldehydes is 1. The number of hydrogen-bond donors (Lipinski definition) is 0. The number of rotatable bonds is 27. The van der Waals surface area contributed by atoms with E-state index in [0.717, 1.165) is 62.4 Å². The van der Waals surface area contributed by atoms with Gasteiger partial charge in [0.05, 0.1) is 6.61 Å². The van der Waals surface area contributed by atoms with Gasteiger partial charge in [-0.2, -0.15) is 0 Å². The number of ketones is 1. The van der Waals surface area contributed by atoms with Crippen LogP contribution in [0.5, 0.6) is 0 Å². The van der Waals surface area contributed by atoms with Crippen LogP contribution < -0.4 is 0 Å². The summed E-state index contributed by atoms with van der Waals surface area (Å²) in [6.07, 6.45) is 30.1. The number of carbonyl (C=O) groups is 2. The molecule has 0 fully saturated rings. The molecule has 0 atom stereocenters. The van der Waals surface area contributed by atoms with E-state index in [1.165, 1.54) is 95.6 Å². The molecule has 0 heterocycles. The minimum absolute atomic E-state index is 0.0253. The summed E-state index contributed by atoms with van der Waals surface area (Å²) in [5, 5.41) is 0. The normalized spacial score (nSPS) is 11.7. The third-order valence-corrected chi connectivity index (χ3v) is 6.81. The van der Waals surface area contributed by atoms with Crippen LogP contribution in [-0.2, 0) is 14.3 Å². The highest BCUT2D eigenvalue weighted by molar-refractivity contribution is 5.94. The third-order valence-electron chi connectivity index (χ3n) is 6.81. The lowest BCUT2D eigenvalue weighted by Gasteiger charge is -2.08. The Hall–Kier alpha value is -1.86. The van der Waals surface area contributed by atoms with E-state index >= 15 is 0 Å². The summed E-state index contributed by atoms with van der Waals surface area (Å²) in [6.45, 7) is 11.2. The van der Waals surface area contributed by atoms with Crippen LogP contribution in [0.25, 0.3) is 0 Å². The lowest BCUT2D eigenvalue weighted by molar-refractivity contribution is -0.114. The average Bonchev–Trinajstić information content (AvgIpc) is 2.87. The second kappa shape index (κ2) is 27.2. The first-order chi connectivity index (χ1) is 18.0. The van der Waals surface area contributed by atoms with E-state index in [1.54, 1.807) is 0 Å². The number of ether oxygens (including phenoxy) is 1. The van der Waals surface area contributed by atoms with Gasteiger partial charge < -0.3 is 4.74 Å². The molecular formula is C34H58O3. The van der Waals surface area contributed by atoms with E-state index in [1.807, 2.05) is 6.92 Å². The molecule has 37 heavy (non-hydrogen) atoms. The average molecular weight is 515 g/mol. The standard InChI is InChI=1S/C34H58O3/c1-5-34(27-21-17-16-20-25-32(4)30-33(36)26-23-28-35)37-29-22-18-14-12-10-8-6-7-9-11-13-15-19-24-31(2)3/h23,25-26,28,31H,1,6-22,24,27,29-30H2,2-4H3/b26-23-,32-25+. The van der Waals surface area contributed by atoms with Crippen LogP contribution >= 0.6 is 0 Å². The lowest BCUT2D eigenvalue weighted by atomic mass is 10.0. The molecule has 0 unspecified atom stereocenters. The van der Waals surface area contributed by atoms with Crippen molar-refractivity contribution in [3.05, 3.63) is 41.9 Å². The smallest absolute Gasteiger partial charge is 0.159 e. The van der Waals surface area contributed by atoms with Crippen molar-refractivity contribution in [3.8, 4) is 0 Å². The third kappa shape index (κ3) is 27.0. The Morgan fingerprint density at radius 1 is 0.811 bits per heavy atom. The van der Waals surface area contributed by atoms with Crippen LogP contribution in [0.4, 0.5) is 0 Å². The van der Waals surface area contributed by atoms with Gasteiger partial charge in [-0.25, -0.2) is 0 Å². The van der Waals surface area contributed by atoms with Gasteiger partial charge in [-0.05, 0) is 50.7 Å². The van der Waals surface area contributed by atoms with Gasteiger partial charge in [0.15, 0.2) is 5.78 Å². The minimum atomic E-state index is -0.0253. The predicted octanol–water partition coefficient (Wildman–Crippen LogP) is 10.4. The van der Waals surface area contributed by atoms with Crippen molar-refractivity contribution >= 4 is 12.1 Å². The monoisotopic (exact) mass is 514 g/mol. The molecule has 0 N–H and O–H groups in total. The summed E-state index contributed by atoms with van der Waals surface area (Å²) >= 11 is 0. The maximum Gasteiger partial charge on any atom is 0.159 e. The highest BCUT2D eigenvalue weighted by Crippen LogP contribution is 2.16. The summed E-state index contributed by atoms with van der Waals surface area (Å²) in [4.78, 5) is 21.9. The molecule has 0 radical (unpaired) electrons. The molecule has 212 valence electrons. The summed E-state index contributed by atoms with van der Waals surface area (Å²) in [5.41, 5.74) is 4.03. The lowest BCUT2D eigenvalue weighted by Crippen LogP contribution is -1.95. The van der Waals surface area contributed by atoms with Gasteiger partial charge in [0.1, 0.15) is 12.0 Å². The molecule has 0 aromatic rings. The molecule has 0 amide bonds. The van der Waals surface area contributed by atoms with Crippen molar-refractivity contribution in [2.45, 2.75) is 149 Å². The van der Waals surface area contributed by atoms with Gasteiger partial charge in [0.2, 0.25) is 0 Å². The molecule has 0 bridgehead atoms. The quantitative estimate of drug-likeness (QED) is 0.0273. The van der Waals surface area contributed by atoms with Crippen molar-refractivity contribution in [1.82, 2.24) is 0 Å². The molecule has 3 nitrogen and oxygen atoms in total. The van der Waals surface area contributed by atoms with E-state index in [4.69, 9.17) is 4.74 Å². The Bertz CT molecular complexity index is 665. The van der Waals surface area contributed by atoms with Crippen molar-refractivity contribution in [3.63, 3.8) is 0 Å². The number of unbranched alkanes of at least 4 members (excludes halogenated alkanes) is 15. The molecule has 0 aliphatic carbocycles. The zero-order chi connectivity index (χ0) is 27.4. The fourth-order valence-corrected chi connectivity index (χ4v) is 4.51. The topological polar surface area (TPSA) is 43.4 Å². The summed E-state index contributed by atoms with van der Waals surface area (Å²) in [7, 11) is 0. The predicted molar refractivity (Wildman–Crippen MR) is 160 cm³/mol. The first-order valence-corrected chi connectivity index (χ1v) is 15.3. The summed E-state index contributed by atoms with van der Waals surface area (Å²) in [6, 6.07) is 0. The van der Waals surface area contributed by atoms with Crippen LogP contribution in [0.1, 0.15) is 149 Å². The van der Waals surface area contributed by atoms with Gasteiger partial charge in [0, 0.05) is 12.8 Å². The van der Waals surface area contributed by atoms with E-state index in [9.17, 15) is 9.59 Å². The summed E-state index contributed by atoms with van der Waals surface area (Å²) < 4.78 is 5.89. The van der Waals surface area contributed by atoms with E-state index in [-0.39, 0.29) is 5.78 Å². The molecule has 0 aliphatic heterocycles. The Morgan fingerprint density at radius 3 is 1.89 bits per heavy atom. The van der Waals surface area contributed by atoms with Crippen LogP contribution in [0.3, 0.4) is 0 Å². The van der Waals surface area contributed by atoms with E-state index < -0.39 is 0 Å². The van der Waals surface area contributed by atoms with Crippen molar-refractivity contribution in [1.29, 1.82) is 0 Å². The van der Waals surface area contributed by atoms with Crippen LogP contribution in [-0.4, -0.2) is 18.7 Å². The number of allylic oxidation sites excluding steroid dienone is 5. The SMILES string of the molecule is C=C=C(CCCCC/C=C(\C)CC(=O)/C=C\C=O)OCCCCCCCCCCCCCCCC(C)C. The van der Waals surface area contributed by atoms with E-state index in [0.29, 0.717) is 12.7 Å². The van der Waals surface area contributed by atoms with Gasteiger partial charge in [-0.15, -0.1) is 0 Å². The summed E-state index contributed by atoms with van der Waals surface area (Å²) in [5.74, 6) is 1.74. The molecule has 0 aromatic carbocycles.